The van der Waals surface area contributed by atoms with Crippen molar-refractivity contribution in [2.45, 2.75) is 45.1 Å². The minimum absolute atomic E-state index is 0.132. The van der Waals surface area contributed by atoms with Crippen LogP contribution in [0.25, 0.3) is 0 Å². The van der Waals surface area contributed by atoms with Gasteiger partial charge in [-0.1, -0.05) is 19.3 Å². The predicted octanol–water partition coefficient (Wildman–Crippen LogP) is 2.21. The second-order valence-electron chi connectivity index (χ2n) is 4.79. The monoisotopic (exact) mass is 235 g/mol. The molecule has 0 spiro atoms. The molecular formula is C13H21N3O. The molecule has 1 aliphatic carbocycles. The summed E-state index contributed by atoms with van der Waals surface area (Å²) in [6.07, 6.45) is 9.58. The fraction of sp³-hybridized carbons (Fsp3) is 0.692. The molecule has 1 fully saturated rings. The number of carbonyl (C=O) groups excluding carboxylic acids is 1. The van der Waals surface area contributed by atoms with E-state index < -0.39 is 0 Å². The van der Waals surface area contributed by atoms with E-state index in [0.29, 0.717) is 11.6 Å². The van der Waals surface area contributed by atoms with Gasteiger partial charge in [-0.2, -0.15) is 5.10 Å². The molecule has 0 atom stereocenters. The second-order valence-corrected chi connectivity index (χ2v) is 4.79. The highest BCUT2D eigenvalue weighted by atomic mass is 16.2. The van der Waals surface area contributed by atoms with Gasteiger partial charge in [-0.25, -0.2) is 0 Å². The Hall–Kier alpha value is -1.32. The first-order valence-electron chi connectivity index (χ1n) is 6.52. The summed E-state index contributed by atoms with van der Waals surface area (Å²) in [5, 5.41) is 4.07. The Kier molecular flexibility index (Phi) is 3.82. The normalized spacial score (nSPS) is 17.1. The number of hydrogen-bond donors (Lipinski definition) is 0. The molecule has 0 radical (unpaired) electrons. The van der Waals surface area contributed by atoms with Crippen molar-refractivity contribution < 1.29 is 4.79 Å². The highest BCUT2D eigenvalue weighted by molar-refractivity contribution is 5.93. The van der Waals surface area contributed by atoms with E-state index in [1.165, 1.54) is 19.3 Å². The van der Waals surface area contributed by atoms with Crippen LogP contribution in [0.5, 0.6) is 0 Å². The quantitative estimate of drug-likeness (QED) is 0.805. The second kappa shape index (κ2) is 5.34. The number of nitrogens with zero attached hydrogens (tertiary/aromatic N) is 3. The maximum atomic E-state index is 12.4. The zero-order valence-corrected chi connectivity index (χ0v) is 10.7. The summed E-state index contributed by atoms with van der Waals surface area (Å²) in [5.74, 6) is 0.132. The molecule has 0 N–H and O–H groups in total. The van der Waals surface area contributed by atoms with Crippen molar-refractivity contribution in [3.05, 3.63) is 18.0 Å². The average molecular weight is 235 g/mol. The molecule has 4 heteroatoms. The van der Waals surface area contributed by atoms with Gasteiger partial charge in [0.15, 0.2) is 0 Å². The number of carbonyl (C=O) groups is 1. The molecule has 4 nitrogen and oxygen atoms in total. The summed E-state index contributed by atoms with van der Waals surface area (Å²) in [6, 6.07) is 0.432. The van der Waals surface area contributed by atoms with Crippen LogP contribution in [0, 0.1) is 0 Å². The summed E-state index contributed by atoms with van der Waals surface area (Å²) in [6.45, 7) is 2.85. The molecule has 0 bridgehead atoms. The number of aromatic nitrogens is 2. The van der Waals surface area contributed by atoms with Gasteiger partial charge in [-0.15, -0.1) is 0 Å². The lowest BCUT2D eigenvalue weighted by Crippen LogP contribution is -2.41. The first-order chi connectivity index (χ1) is 8.22. The van der Waals surface area contributed by atoms with Gasteiger partial charge in [-0.3, -0.25) is 9.48 Å². The van der Waals surface area contributed by atoms with Crippen LogP contribution in [0.15, 0.2) is 12.4 Å². The Labute approximate surface area is 103 Å². The van der Waals surface area contributed by atoms with E-state index in [0.717, 1.165) is 19.4 Å². The van der Waals surface area contributed by atoms with Gasteiger partial charge < -0.3 is 4.90 Å². The van der Waals surface area contributed by atoms with Crippen LogP contribution >= 0.6 is 0 Å². The first-order valence-corrected chi connectivity index (χ1v) is 6.52. The molecule has 17 heavy (non-hydrogen) atoms. The summed E-state index contributed by atoms with van der Waals surface area (Å²) >= 11 is 0. The van der Waals surface area contributed by atoms with Gasteiger partial charge in [0.05, 0.1) is 11.8 Å². The Morgan fingerprint density at radius 3 is 2.71 bits per heavy atom. The minimum Gasteiger partial charge on any atom is -0.336 e. The van der Waals surface area contributed by atoms with Crippen molar-refractivity contribution in [2.24, 2.45) is 7.05 Å². The number of aryl methyl sites for hydroxylation is 1. The molecular weight excluding hydrogens is 214 g/mol. The van der Waals surface area contributed by atoms with Crippen LogP contribution in [0.3, 0.4) is 0 Å². The minimum atomic E-state index is 0.132. The van der Waals surface area contributed by atoms with Crippen molar-refractivity contribution in [2.75, 3.05) is 6.54 Å². The van der Waals surface area contributed by atoms with Gasteiger partial charge in [0, 0.05) is 25.8 Å². The lowest BCUT2D eigenvalue weighted by molar-refractivity contribution is 0.0648. The SMILES string of the molecule is CCN(C(=O)c1cnn(C)c1)C1CCCCC1. The van der Waals surface area contributed by atoms with E-state index in [1.54, 1.807) is 17.1 Å². The van der Waals surface area contributed by atoms with Gasteiger partial charge in [0.1, 0.15) is 0 Å². The van der Waals surface area contributed by atoms with Gasteiger partial charge in [0.25, 0.3) is 5.91 Å². The molecule has 1 saturated carbocycles. The third-order valence-corrected chi connectivity index (χ3v) is 3.57. The molecule has 2 rings (SSSR count). The lowest BCUT2D eigenvalue weighted by atomic mass is 9.94. The molecule has 1 aliphatic rings. The maximum Gasteiger partial charge on any atom is 0.257 e. The summed E-state index contributed by atoms with van der Waals surface area (Å²) < 4.78 is 1.68. The zero-order chi connectivity index (χ0) is 12.3. The molecule has 1 aromatic rings. The van der Waals surface area contributed by atoms with Gasteiger partial charge >= 0.3 is 0 Å². The molecule has 1 heterocycles. The average Bonchev–Trinajstić information content (AvgIpc) is 2.78. The van der Waals surface area contributed by atoms with Crippen LogP contribution < -0.4 is 0 Å². The number of amides is 1. The van der Waals surface area contributed by atoms with E-state index in [9.17, 15) is 4.79 Å². The van der Waals surface area contributed by atoms with Crippen molar-refractivity contribution >= 4 is 5.91 Å². The number of rotatable bonds is 3. The Balaban J connectivity index is 2.09. The first kappa shape index (κ1) is 12.1. The van der Waals surface area contributed by atoms with E-state index in [1.807, 2.05) is 11.9 Å². The molecule has 1 aromatic heterocycles. The third kappa shape index (κ3) is 2.68. The largest absolute Gasteiger partial charge is 0.336 e. The van der Waals surface area contributed by atoms with E-state index in [-0.39, 0.29) is 5.91 Å². The topological polar surface area (TPSA) is 38.1 Å². The van der Waals surface area contributed by atoms with Crippen molar-refractivity contribution in [3.63, 3.8) is 0 Å². The predicted molar refractivity (Wildman–Crippen MR) is 66.8 cm³/mol. The molecule has 1 amide bonds. The fourth-order valence-corrected chi connectivity index (χ4v) is 2.66. The van der Waals surface area contributed by atoms with Crippen LogP contribution in [0.4, 0.5) is 0 Å². The lowest BCUT2D eigenvalue weighted by Gasteiger charge is -2.33. The molecule has 0 aliphatic heterocycles. The highest BCUT2D eigenvalue weighted by Crippen LogP contribution is 2.23. The van der Waals surface area contributed by atoms with Crippen molar-refractivity contribution in [3.8, 4) is 0 Å². The van der Waals surface area contributed by atoms with E-state index in [2.05, 4.69) is 12.0 Å². The van der Waals surface area contributed by atoms with Crippen LogP contribution in [0.2, 0.25) is 0 Å². The third-order valence-electron chi connectivity index (χ3n) is 3.57. The van der Waals surface area contributed by atoms with Crippen LogP contribution in [-0.4, -0.2) is 33.2 Å². The van der Waals surface area contributed by atoms with E-state index in [4.69, 9.17) is 0 Å². The Morgan fingerprint density at radius 1 is 1.47 bits per heavy atom. The Bertz CT molecular complexity index is 380. The summed E-state index contributed by atoms with van der Waals surface area (Å²) in [7, 11) is 1.84. The molecule has 0 saturated heterocycles. The maximum absolute atomic E-state index is 12.4. The van der Waals surface area contributed by atoms with Crippen molar-refractivity contribution in [1.82, 2.24) is 14.7 Å². The molecule has 94 valence electrons. The smallest absolute Gasteiger partial charge is 0.257 e. The van der Waals surface area contributed by atoms with Crippen LogP contribution in [0.1, 0.15) is 49.4 Å². The van der Waals surface area contributed by atoms with E-state index >= 15 is 0 Å². The van der Waals surface area contributed by atoms with Gasteiger partial charge in [-0.05, 0) is 19.8 Å². The standard InChI is InChI=1S/C13H21N3O/c1-3-16(12-7-5-4-6-8-12)13(17)11-9-14-15(2)10-11/h9-10,12H,3-8H2,1-2H3. The Morgan fingerprint density at radius 2 is 2.18 bits per heavy atom. The molecule has 0 unspecified atom stereocenters. The van der Waals surface area contributed by atoms with Crippen molar-refractivity contribution in [1.29, 1.82) is 0 Å². The summed E-state index contributed by atoms with van der Waals surface area (Å²) in [5.41, 5.74) is 0.708. The zero-order valence-electron chi connectivity index (χ0n) is 10.7. The van der Waals surface area contributed by atoms with Gasteiger partial charge in [0.2, 0.25) is 0 Å². The molecule has 0 aromatic carbocycles. The highest BCUT2D eigenvalue weighted by Gasteiger charge is 2.25. The fourth-order valence-electron chi connectivity index (χ4n) is 2.66. The number of hydrogen-bond acceptors (Lipinski definition) is 2. The summed E-state index contributed by atoms with van der Waals surface area (Å²) in [4.78, 5) is 14.4. The van der Waals surface area contributed by atoms with Crippen LogP contribution in [-0.2, 0) is 7.05 Å².